The molecule has 0 radical (unpaired) electrons. The van der Waals surface area contributed by atoms with Crippen LogP contribution in [0.15, 0.2) is 60.7 Å². The van der Waals surface area contributed by atoms with Crippen LogP contribution >= 0.6 is 0 Å². The van der Waals surface area contributed by atoms with Crippen LogP contribution in [0, 0.1) is 5.92 Å². The number of aliphatic carboxylic acids is 2. The number of carbonyl (C=O) groups is 6. The van der Waals surface area contributed by atoms with Gasteiger partial charge in [-0.2, -0.15) is 0 Å². The largest absolute Gasteiger partial charge is 0.481 e. The van der Waals surface area contributed by atoms with Crippen molar-refractivity contribution >= 4 is 35.8 Å². The monoisotopic (exact) mass is 656 g/mol. The van der Waals surface area contributed by atoms with E-state index in [9.17, 15) is 33.9 Å². The zero-order chi connectivity index (χ0) is 34.3. The Kier molecular flexibility index (Phi) is 18.3. The summed E-state index contributed by atoms with van der Waals surface area (Å²) in [5.74, 6) is -4.21. The van der Waals surface area contributed by atoms with Gasteiger partial charge in [0.05, 0.1) is 19.6 Å². The number of nitrogens with one attached hydrogen (secondary N) is 4. The Balaban J connectivity index is 1.75. The van der Waals surface area contributed by atoms with Crippen LogP contribution in [0.2, 0.25) is 0 Å². The number of unbranched alkanes of at least 4 members (excludes halogenated alkanes) is 1. The second-order valence-electron chi connectivity index (χ2n) is 10.8. The van der Waals surface area contributed by atoms with Crippen molar-refractivity contribution in [3.63, 3.8) is 0 Å². The number of carboxylic acids is 2. The maximum absolute atomic E-state index is 13.0. The van der Waals surface area contributed by atoms with Gasteiger partial charge in [0.1, 0.15) is 12.7 Å². The summed E-state index contributed by atoms with van der Waals surface area (Å²) >= 11 is 0. The number of rotatable bonds is 23. The van der Waals surface area contributed by atoms with E-state index in [2.05, 4.69) is 21.3 Å². The first kappa shape index (κ1) is 38.2. The predicted molar refractivity (Wildman–Crippen MR) is 170 cm³/mol. The summed E-state index contributed by atoms with van der Waals surface area (Å²) < 4.78 is 11.0. The Labute approximate surface area is 273 Å². The molecule has 47 heavy (non-hydrogen) atoms. The van der Waals surface area contributed by atoms with Gasteiger partial charge in [0.2, 0.25) is 11.8 Å². The molecular weight excluding hydrogens is 612 g/mol. The van der Waals surface area contributed by atoms with E-state index in [0.29, 0.717) is 38.6 Å². The first-order valence-corrected chi connectivity index (χ1v) is 15.5. The van der Waals surface area contributed by atoms with E-state index in [0.717, 1.165) is 11.1 Å². The van der Waals surface area contributed by atoms with E-state index in [1.165, 1.54) is 0 Å². The zero-order valence-electron chi connectivity index (χ0n) is 26.3. The number of carbonyl (C=O) groups excluding carboxylic acids is 4. The summed E-state index contributed by atoms with van der Waals surface area (Å²) in [5, 5.41) is 28.0. The Morgan fingerprint density at radius 2 is 1.32 bits per heavy atom. The van der Waals surface area contributed by atoms with Gasteiger partial charge in [-0.15, -0.1) is 0 Å². The molecule has 0 saturated heterocycles. The van der Waals surface area contributed by atoms with Gasteiger partial charge in [-0.05, 0) is 49.1 Å². The SMILES string of the molecule is O=C(O)CNCC(=O)NCC(=O)NCCCC(CC(=O)O)CC(=O)O[C@@H](CCCCNC(=O)OCc1ccccc1)c1ccccc1. The van der Waals surface area contributed by atoms with Gasteiger partial charge in [0.25, 0.3) is 0 Å². The molecule has 2 rings (SSSR count). The van der Waals surface area contributed by atoms with E-state index < -0.39 is 47.8 Å². The highest BCUT2D eigenvalue weighted by atomic mass is 16.5. The average Bonchev–Trinajstić information content (AvgIpc) is 3.04. The lowest BCUT2D eigenvalue weighted by atomic mass is 9.95. The fourth-order valence-corrected chi connectivity index (χ4v) is 4.55. The number of benzene rings is 2. The molecular formula is C33H44N4O10. The predicted octanol–water partition coefficient (Wildman–Crippen LogP) is 2.54. The number of hydrogen-bond donors (Lipinski definition) is 6. The molecule has 6 N–H and O–H groups in total. The van der Waals surface area contributed by atoms with Crippen molar-refractivity contribution in [2.45, 2.75) is 57.7 Å². The van der Waals surface area contributed by atoms with Crippen molar-refractivity contribution in [1.29, 1.82) is 0 Å². The summed E-state index contributed by atoms with van der Waals surface area (Å²) in [6, 6.07) is 18.6. The molecule has 2 atom stereocenters. The molecule has 1 unspecified atom stereocenters. The van der Waals surface area contributed by atoms with E-state index in [1.807, 2.05) is 60.7 Å². The zero-order valence-corrected chi connectivity index (χ0v) is 26.3. The van der Waals surface area contributed by atoms with Crippen molar-refractivity contribution in [2.24, 2.45) is 5.92 Å². The van der Waals surface area contributed by atoms with Crippen LogP contribution in [0.3, 0.4) is 0 Å². The molecule has 14 heteroatoms. The molecule has 14 nitrogen and oxygen atoms in total. The first-order valence-electron chi connectivity index (χ1n) is 15.5. The van der Waals surface area contributed by atoms with Crippen LogP contribution in [-0.2, 0) is 40.1 Å². The summed E-state index contributed by atoms with van der Waals surface area (Å²) in [6.07, 6.45) is 1.08. The molecule has 0 spiro atoms. The molecule has 0 bridgehead atoms. The van der Waals surface area contributed by atoms with Gasteiger partial charge in [-0.3, -0.25) is 29.3 Å². The van der Waals surface area contributed by atoms with Crippen LogP contribution in [0.25, 0.3) is 0 Å². The molecule has 0 fully saturated rings. The molecule has 0 saturated carbocycles. The van der Waals surface area contributed by atoms with Gasteiger partial charge < -0.3 is 35.6 Å². The van der Waals surface area contributed by atoms with Gasteiger partial charge in [-0.25, -0.2) is 4.79 Å². The van der Waals surface area contributed by atoms with Crippen molar-refractivity contribution in [1.82, 2.24) is 21.3 Å². The Bertz CT molecular complexity index is 1280. The van der Waals surface area contributed by atoms with Crippen molar-refractivity contribution < 1.29 is 48.5 Å². The minimum absolute atomic E-state index is 0.113. The lowest BCUT2D eigenvalue weighted by molar-refractivity contribution is -0.151. The van der Waals surface area contributed by atoms with Crippen LogP contribution in [0.1, 0.15) is 62.2 Å². The molecule has 0 aromatic heterocycles. The Hall–Kier alpha value is -4.98. The summed E-state index contributed by atoms with van der Waals surface area (Å²) in [4.78, 5) is 70.5. The molecule has 0 aliphatic carbocycles. The Morgan fingerprint density at radius 1 is 0.660 bits per heavy atom. The van der Waals surface area contributed by atoms with Gasteiger partial charge >= 0.3 is 24.0 Å². The molecule has 256 valence electrons. The standard InChI is InChI=1S/C33H44N4O10/c38-28(20-34-22-31(42)43)37-21-29(39)35-17-9-12-25(18-30(40)41)19-32(44)47-27(26-13-5-2-6-14-26)15-7-8-16-36-33(45)46-23-24-10-3-1-4-11-24/h1-6,10-11,13-14,25,27,34H,7-9,12,15-23H2,(H,35,39)(H,36,45)(H,37,38)(H,40,41)(H,42,43)/t25?,27-/m0/s1. The van der Waals surface area contributed by atoms with E-state index in [-0.39, 0.29) is 45.6 Å². The van der Waals surface area contributed by atoms with Gasteiger partial charge in [0, 0.05) is 25.9 Å². The lowest BCUT2D eigenvalue weighted by Crippen LogP contribution is -2.41. The molecule has 0 aliphatic heterocycles. The van der Waals surface area contributed by atoms with Gasteiger partial charge in [-0.1, -0.05) is 60.7 Å². The number of hydrogen-bond acceptors (Lipinski definition) is 9. The van der Waals surface area contributed by atoms with Crippen molar-refractivity contribution in [3.05, 3.63) is 71.8 Å². The molecule has 3 amide bonds. The number of carboxylic acid groups (broad SMARTS) is 2. The quantitative estimate of drug-likeness (QED) is 0.0756. The summed E-state index contributed by atoms with van der Waals surface area (Å²) in [6.45, 7) is -0.166. The third-order valence-corrected chi connectivity index (χ3v) is 6.86. The number of alkyl carbamates (subject to hydrolysis) is 1. The summed E-state index contributed by atoms with van der Waals surface area (Å²) in [7, 11) is 0. The Morgan fingerprint density at radius 3 is 2.00 bits per heavy atom. The second-order valence-corrected chi connectivity index (χ2v) is 10.8. The third-order valence-electron chi connectivity index (χ3n) is 6.86. The first-order chi connectivity index (χ1) is 22.6. The molecule has 2 aromatic rings. The highest BCUT2D eigenvalue weighted by Crippen LogP contribution is 2.26. The molecule has 0 aliphatic rings. The van der Waals surface area contributed by atoms with Crippen LogP contribution in [0.4, 0.5) is 4.79 Å². The smallest absolute Gasteiger partial charge is 0.407 e. The fourth-order valence-electron chi connectivity index (χ4n) is 4.55. The van der Waals surface area contributed by atoms with Crippen molar-refractivity contribution in [2.75, 3.05) is 32.7 Å². The van der Waals surface area contributed by atoms with E-state index in [1.54, 1.807) is 0 Å². The third kappa shape index (κ3) is 18.6. The van der Waals surface area contributed by atoms with Crippen molar-refractivity contribution in [3.8, 4) is 0 Å². The van der Waals surface area contributed by atoms with Crippen LogP contribution in [0.5, 0.6) is 0 Å². The highest BCUT2D eigenvalue weighted by Gasteiger charge is 2.22. The number of esters is 1. The van der Waals surface area contributed by atoms with Gasteiger partial charge in [0.15, 0.2) is 0 Å². The minimum Gasteiger partial charge on any atom is -0.481 e. The minimum atomic E-state index is -1.11. The maximum atomic E-state index is 13.0. The fraction of sp³-hybridized carbons (Fsp3) is 0.455. The molecule has 2 aromatic carbocycles. The normalized spacial score (nSPS) is 11.8. The summed E-state index contributed by atoms with van der Waals surface area (Å²) in [5.41, 5.74) is 1.69. The topological polar surface area (TPSA) is 209 Å². The van der Waals surface area contributed by atoms with E-state index in [4.69, 9.17) is 14.6 Å². The van der Waals surface area contributed by atoms with E-state index >= 15 is 0 Å². The second kappa shape index (κ2) is 22.5. The maximum Gasteiger partial charge on any atom is 0.407 e. The average molecular weight is 657 g/mol. The highest BCUT2D eigenvalue weighted by molar-refractivity contribution is 5.85. The van der Waals surface area contributed by atoms with Crippen LogP contribution in [-0.4, -0.2) is 78.8 Å². The number of amides is 3. The number of ether oxygens (including phenoxy) is 2. The van der Waals surface area contributed by atoms with Crippen LogP contribution < -0.4 is 21.3 Å². The lowest BCUT2D eigenvalue weighted by Gasteiger charge is -2.21. The molecule has 0 heterocycles.